The van der Waals surface area contributed by atoms with E-state index in [9.17, 15) is 0 Å². The molecule has 0 bridgehead atoms. The van der Waals surface area contributed by atoms with E-state index in [0.717, 1.165) is 23.5 Å². The molecule has 0 aliphatic carbocycles. The minimum atomic E-state index is 0.860. The fourth-order valence-corrected chi connectivity index (χ4v) is 2.28. The average Bonchev–Trinajstić information content (AvgIpc) is 2.85. The molecule has 4 nitrogen and oxygen atoms in total. The SMILES string of the molecule is c1ccc2c(c1)Cn1c-2nc2cncnc21. The van der Waals surface area contributed by atoms with Gasteiger partial charge in [-0.3, -0.25) is 0 Å². The number of fused-ring (bicyclic) bond motifs is 5. The maximum atomic E-state index is 4.57. The van der Waals surface area contributed by atoms with Crippen molar-refractivity contribution >= 4 is 11.2 Å². The Morgan fingerprint density at radius 1 is 1.19 bits per heavy atom. The van der Waals surface area contributed by atoms with E-state index in [0.29, 0.717) is 0 Å². The van der Waals surface area contributed by atoms with Gasteiger partial charge in [0.15, 0.2) is 5.65 Å². The van der Waals surface area contributed by atoms with E-state index in [1.165, 1.54) is 11.1 Å². The van der Waals surface area contributed by atoms with Crippen LogP contribution in [-0.2, 0) is 6.54 Å². The Morgan fingerprint density at radius 3 is 3.12 bits per heavy atom. The summed E-state index contributed by atoms with van der Waals surface area (Å²) in [5.41, 5.74) is 4.30. The Balaban J connectivity index is 2.12. The van der Waals surface area contributed by atoms with Crippen molar-refractivity contribution in [2.75, 3.05) is 0 Å². The predicted molar refractivity (Wildman–Crippen MR) is 59.9 cm³/mol. The number of hydrogen-bond acceptors (Lipinski definition) is 3. The summed E-state index contributed by atoms with van der Waals surface area (Å²) in [7, 11) is 0. The fraction of sp³-hybridized carbons (Fsp3) is 0.0833. The van der Waals surface area contributed by atoms with Gasteiger partial charge in [-0.25, -0.2) is 15.0 Å². The molecule has 1 aromatic carbocycles. The quantitative estimate of drug-likeness (QED) is 0.443. The van der Waals surface area contributed by atoms with Gasteiger partial charge in [-0.15, -0.1) is 0 Å². The number of hydrogen-bond donors (Lipinski definition) is 0. The van der Waals surface area contributed by atoms with Crippen LogP contribution in [0.2, 0.25) is 0 Å². The first-order valence-corrected chi connectivity index (χ1v) is 5.18. The molecular weight excluding hydrogens is 200 g/mol. The van der Waals surface area contributed by atoms with E-state index >= 15 is 0 Å². The van der Waals surface area contributed by atoms with Crippen LogP contribution in [0, 0.1) is 0 Å². The highest BCUT2D eigenvalue weighted by molar-refractivity contribution is 5.79. The molecule has 1 aliphatic heterocycles. The first-order valence-electron chi connectivity index (χ1n) is 5.18. The Morgan fingerprint density at radius 2 is 2.12 bits per heavy atom. The minimum Gasteiger partial charge on any atom is -0.304 e. The Hall–Kier alpha value is -2.23. The van der Waals surface area contributed by atoms with Gasteiger partial charge in [0.1, 0.15) is 17.7 Å². The van der Waals surface area contributed by atoms with E-state index in [1.807, 2.05) is 6.07 Å². The van der Waals surface area contributed by atoms with Crippen molar-refractivity contribution in [2.24, 2.45) is 0 Å². The molecule has 0 radical (unpaired) electrons. The van der Waals surface area contributed by atoms with Crippen LogP contribution in [0.15, 0.2) is 36.8 Å². The normalized spacial score (nSPS) is 12.8. The Bertz CT molecular complexity index is 699. The average molecular weight is 208 g/mol. The highest BCUT2D eigenvalue weighted by Gasteiger charge is 2.22. The molecule has 16 heavy (non-hydrogen) atoms. The highest BCUT2D eigenvalue weighted by Crippen LogP contribution is 2.33. The molecule has 0 spiro atoms. The van der Waals surface area contributed by atoms with Crippen molar-refractivity contribution in [3.05, 3.63) is 42.4 Å². The third kappa shape index (κ3) is 0.863. The second-order valence-corrected chi connectivity index (χ2v) is 3.91. The molecule has 4 heteroatoms. The van der Waals surface area contributed by atoms with Crippen LogP contribution in [0.4, 0.5) is 0 Å². The molecular formula is C12H8N4. The largest absolute Gasteiger partial charge is 0.304 e. The number of rotatable bonds is 0. The summed E-state index contributed by atoms with van der Waals surface area (Å²) in [6.45, 7) is 0.860. The topological polar surface area (TPSA) is 43.6 Å². The van der Waals surface area contributed by atoms with Crippen molar-refractivity contribution < 1.29 is 0 Å². The number of benzene rings is 1. The Kier molecular flexibility index (Phi) is 1.33. The van der Waals surface area contributed by atoms with Gasteiger partial charge in [0, 0.05) is 5.56 Å². The van der Waals surface area contributed by atoms with Crippen molar-refractivity contribution in [3.63, 3.8) is 0 Å². The van der Waals surface area contributed by atoms with Crippen molar-refractivity contribution in [2.45, 2.75) is 6.54 Å². The summed E-state index contributed by atoms with van der Waals surface area (Å²) in [5, 5.41) is 0. The molecule has 0 fully saturated rings. The molecule has 3 heterocycles. The summed E-state index contributed by atoms with van der Waals surface area (Å²) in [6, 6.07) is 8.34. The van der Waals surface area contributed by atoms with E-state index in [4.69, 9.17) is 0 Å². The summed E-state index contributed by atoms with van der Waals surface area (Å²) in [4.78, 5) is 12.9. The zero-order valence-corrected chi connectivity index (χ0v) is 8.46. The lowest BCUT2D eigenvalue weighted by Gasteiger charge is -1.96. The predicted octanol–water partition coefficient (Wildman–Crippen LogP) is 1.85. The third-order valence-corrected chi connectivity index (χ3v) is 3.00. The van der Waals surface area contributed by atoms with Crippen molar-refractivity contribution in [1.82, 2.24) is 19.5 Å². The molecule has 4 rings (SSSR count). The first kappa shape index (κ1) is 7.98. The van der Waals surface area contributed by atoms with Crippen LogP contribution >= 0.6 is 0 Å². The molecule has 0 N–H and O–H groups in total. The molecule has 3 aromatic rings. The van der Waals surface area contributed by atoms with Crippen LogP contribution in [0.5, 0.6) is 0 Å². The van der Waals surface area contributed by atoms with Gasteiger partial charge in [0.25, 0.3) is 0 Å². The standard InChI is InChI=1S/C12H8N4/c1-2-4-9-8(3-1)6-16-11(9)15-10-5-13-7-14-12(10)16/h1-5,7H,6H2. The number of imidazole rings is 1. The third-order valence-electron chi connectivity index (χ3n) is 3.00. The van der Waals surface area contributed by atoms with E-state index in [1.54, 1.807) is 12.5 Å². The monoisotopic (exact) mass is 208 g/mol. The molecule has 0 saturated carbocycles. The van der Waals surface area contributed by atoms with Gasteiger partial charge in [-0.05, 0) is 5.56 Å². The van der Waals surface area contributed by atoms with Crippen LogP contribution in [0.25, 0.3) is 22.6 Å². The van der Waals surface area contributed by atoms with Crippen molar-refractivity contribution in [1.29, 1.82) is 0 Å². The van der Waals surface area contributed by atoms with Crippen molar-refractivity contribution in [3.8, 4) is 11.4 Å². The van der Waals surface area contributed by atoms with Crippen LogP contribution in [0.3, 0.4) is 0 Å². The summed E-state index contributed by atoms with van der Waals surface area (Å²) in [5.74, 6) is 1.01. The lowest BCUT2D eigenvalue weighted by Crippen LogP contribution is -1.94. The zero-order chi connectivity index (χ0) is 10.5. The zero-order valence-electron chi connectivity index (χ0n) is 8.46. The maximum Gasteiger partial charge on any atom is 0.163 e. The molecule has 1 aliphatic rings. The van der Waals surface area contributed by atoms with Gasteiger partial charge in [0.05, 0.1) is 12.7 Å². The van der Waals surface area contributed by atoms with Gasteiger partial charge in [0.2, 0.25) is 0 Å². The smallest absolute Gasteiger partial charge is 0.163 e. The van der Waals surface area contributed by atoms with E-state index in [2.05, 4.69) is 37.7 Å². The Labute approximate surface area is 91.6 Å². The minimum absolute atomic E-state index is 0.860. The maximum absolute atomic E-state index is 4.57. The van der Waals surface area contributed by atoms with Gasteiger partial charge in [-0.1, -0.05) is 24.3 Å². The molecule has 0 unspecified atom stereocenters. The molecule has 0 saturated heterocycles. The summed E-state index contributed by atoms with van der Waals surface area (Å²) >= 11 is 0. The van der Waals surface area contributed by atoms with Crippen LogP contribution < -0.4 is 0 Å². The van der Waals surface area contributed by atoms with E-state index < -0.39 is 0 Å². The lowest BCUT2D eigenvalue weighted by molar-refractivity contribution is 0.864. The molecule has 76 valence electrons. The van der Waals surface area contributed by atoms with Crippen LogP contribution in [0.1, 0.15) is 5.56 Å². The van der Waals surface area contributed by atoms with Gasteiger partial charge in [-0.2, -0.15) is 0 Å². The molecule has 0 atom stereocenters. The number of nitrogens with zero attached hydrogens (tertiary/aromatic N) is 4. The molecule has 2 aromatic heterocycles. The van der Waals surface area contributed by atoms with Gasteiger partial charge >= 0.3 is 0 Å². The highest BCUT2D eigenvalue weighted by atomic mass is 15.2. The van der Waals surface area contributed by atoms with Gasteiger partial charge < -0.3 is 4.57 Å². The van der Waals surface area contributed by atoms with Crippen LogP contribution in [-0.4, -0.2) is 19.5 Å². The number of aromatic nitrogens is 4. The first-order chi connectivity index (χ1) is 7.93. The fourth-order valence-electron chi connectivity index (χ4n) is 2.28. The summed E-state index contributed by atoms with van der Waals surface area (Å²) < 4.78 is 2.14. The molecule has 0 amide bonds. The summed E-state index contributed by atoms with van der Waals surface area (Å²) in [6.07, 6.45) is 3.33. The second-order valence-electron chi connectivity index (χ2n) is 3.91. The second kappa shape index (κ2) is 2.66. The lowest BCUT2D eigenvalue weighted by atomic mass is 10.1. The van der Waals surface area contributed by atoms with E-state index in [-0.39, 0.29) is 0 Å².